The zero-order valence-electron chi connectivity index (χ0n) is 16.0. The third kappa shape index (κ3) is 3.48. The van der Waals surface area contributed by atoms with E-state index in [0.29, 0.717) is 0 Å². The summed E-state index contributed by atoms with van der Waals surface area (Å²) in [5, 5.41) is 2.65. The number of aryl methyl sites for hydroxylation is 1. The minimum absolute atomic E-state index is 0.0467. The lowest BCUT2D eigenvalue weighted by Crippen LogP contribution is -2.53. The molecule has 6 nitrogen and oxygen atoms in total. The van der Waals surface area contributed by atoms with Gasteiger partial charge in [-0.15, -0.1) is 6.58 Å². The van der Waals surface area contributed by atoms with Crippen molar-refractivity contribution in [2.45, 2.75) is 13.8 Å². The number of carbonyl (C=O) groups is 2. The van der Waals surface area contributed by atoms with E-state index in [1.165, 1.54) is 4.90 Å². The second-order valence-electron chi connectivity index (χ2n) is 6.38. The maximum absolute atomic E-state index is 12.7. The van der Waals surface area contributed by atoms with E-state index in [1.54, 1.807) is 19.3 Å². The van der Waals surface area contributed by atoms with Crippen LogP contribution in [0.25, 0.3) is 11.8 Å². The van der Waals surface area contributed by atoms with Crippen LogP contribution < -0.4 is 10.1 Å². The van der Waals surface area contributed by atoms with Crippen LogP contribution in [0, 0.1) is 13.8 Å². The van der Waals surface area contributed by atoms with Crippen molar-refractivity contribution in [1.82, 2.24) is 14.8 Å². The Hall–Kier alpha value is -3.19. The molecule has 1 N–H and O–H groups in total. The van der Waals surface area contributed by atoms with Gasteiger partial charge in [0, 0.05) is 23.6 Å². The standard InChI is InChI=1S/C21H21N3O3S/c1-5-10-23-20(26)18(19(25)22-21(23)28)12-15-11-13(2)24(14(15)3)16-6-8-17(27-4)9-7-16/h5-9,11-12H,1,10H2,2-4H3,(H,22,25,28). The summed E-state index contributed by atoms with van der Waals surface area (Å²) in [6.07, 6.45) is 3.17. The highest BCUT2D eigenvalue weighted by atomic mass is 32.1. The number of nitrogens with one attached hydrogen (secondary N) is 1. The number of ether oxygens (including phenoxy) is 1. The van der Waals surface area contributed by atoms with Crippen LogP contribution in [0.3, 0.4) is 0 Å². The topological polar surface area (TPSA) is 63.6 Å². The smallest absolute Gasteiger partial charge is 0.265 e. The third-order valence-electron chi connectivity index (χ3n) is 4.60. The van der Waals surface area contributed by atoms with Crippen molar-refractivity contribution in [3.8, 4) is 11.4 Å². The number of hydrogen-bond donors (Lipinski definition) is 1. The van der Waals surface area contributed by atoms with Crippen LogP contribution in [0.15, 0.2) is 48.6 Å². The number of benzene rings is 1. The first-order chi connectivity index (χ1) is 13.4. The molecule has 0 unspecified atom stereocenters. The zero-order chi connectivity index (χ0) is 20.4. The molecule has 7 heteroatoms. The summed E-state index contributed by atoms with van der Waals surface area (Å²) in [6, 6.07) is 9.63. The van der Waals surface area contributed by atoms with Crippen molar-refractivity contribution in [2.24, 2.45) is 0 Å². The zero-order valence-corrected chi connectivity index (χ0v) is 16.8. The molecule has 1 saturated heterocycles. The molecule has 0 radical (unpaired) electrons. The SMILES string of the molecule is C=CCN1C(=O)C(=Cc2cc(C)n(-c3ccc(OC)cc3)c2C)C(=O)NC1=S. The fraction of sp³-hybridized carbons (Fsp3) is 0.190. The first-order valence-corrected chi connectivity index (χ1v) is 9.11. The van der Waals surface area contributed by atoms with Gasteiger partial charge in [0.25, 0.3) is 11.8 Å². The molecular weight excluding hydrogens is 374 g/mol. The highest BCUT2D eigenvalue weighted by Gasteiger charge is 2.32. The van der Waals surface area contributed by atoms with Crippen LogP contribution >= 0.6 is 12.2 Å². The Labute approximate surface area is 169 Å². The van der Waals surface area contributed by atoms with Crippen LogP contribution in [0.4, 0.5) is 0 Å². The lowest BCUT2D eigenvalue weighted by Gasteiger charge is -2.27. The summed E-state index contributed by atoms with van der Waals surface area (Å²) in [4.78, 5) is 26.4. The van der Waals surface area contributed by atoms with Gasteiger partial charge in [0.05, 0.1) is 7.11 Å². The lowest BCUT2D eigenvalue weighted by atomic mass is 10.1. The fourth-order valence-electron chi connectivity index (χ4n) is 3.21. The van der Waals surface area contributed by atoms with Gasteiger partial charge in [0.15, 0.2) is 5.11 Å². The maximum Gasteiger partial charge on any atom is 0.265 e. The summed E-state index contributed by atoms with van der Waals surface area (Å²) in [7, 11) is 1.62. The van der Waals surface area contributed by atoms with Crippen molar-refractivity contribution in [3.63, 3.8) is 0 Å². The van der Waals surface area contributed by atoms with Crippen molar-refractivity contribution in [3.05, 3.63) is 65.5 Å². The molecule has 3 rings (SSSR count). The van der Waals surface area contributed by atoms with Gasteiger partial charge in [-0.25, -0.2) is 0 Å². The Balaban J connectivity index is 2.02. The number of rotatable bonds is 5. The van der Waals surface area contributed by atoms with E-state index in [1.807, 2.05) is 44.2 Å². The molecule has 0 bridgehead atoms. The summed E-state index contributed by atoms with van der Waals surface area (Å²) in [5.74, 6) is -0.149. The number of amides is 2. The molecule has 2 heterocycles. The average Bonchev–Trinajstić information content (AvgIpc) is 2.95. The molecule has 144 valence electrons. The molecule has 1 aliphatic heterocycles. The van der Waals surface area contributed by atoms with E-state index in [2.05, 4.69) is 16.5 Å². The summed E-state index contributed by atoms with van der Waals surface area (Å²) >= 11 is 5.08. The normalized spacial score (nSPS) is 15.8. The quantitative estimate of drug-likeness (QED) is 0.366. The van der Waals surface area contributed by atoms with Gasteiger partial charge >= 0.3 is 0 Å². The van der Waals surface area contributed by atoms with Crippen LogP contribution in [0.1, 0.15) is 17.0 Å². The molecule has 2 amide bonds. The summed E-state index contributed by atoms with van der Waals surface area (Å²) in [6.45, 7) is 7.78. The van der Waals surface area contributed by atoms with Crippen LogP contribution in [0.2, 0.25) is 0 Å². The minimum atomic E-state index is -0.496. The Morgan fingerprint density at radius 1 is 1.21 bits per heavy atom. The molecule has 2 aromatic rings. The van der Waals surface area contributed by atoms with Crippen molar-refractivity contribution < 1.29 is 14.3 Å². The molecule has 0 saturated carbocycles. The van der Waals surface area contributed by atoms with Crippen LogP contribution in [-0.2, 0) is 9.59 Å². The predicted molar refractivity (Wildman–Crippen MR) is 112 cm³/mol. The highest BCUT2D eigenvalue weighted by Crippen LogP contribution is 2.25. The van der Waals surface area contributed by atoms with Crippen molar-refractivity contribution >= 4 is 35.2 Å². The van der Waals surface area contributed by atoms with Crippen molar-refractivity contribution in [1.29, 1.82) is 0 Å². The average molecular weight is 395 g/mol. The second-order valence-corrected chi connectivity index (χ2v) is 6.77. The Morgan fingerprint density at radius 2 is 1.89 bits per heavy atom. The molecule has 0 aliphatic carbocycles. The molecule has 1 aromatic heterocycles. The minimum Gasteiger partial charge on any atom is -0.497 e. The fourth-order valence-corrected chi connectivity index (χ4v) is 3.46. The molecule has 0 spiro atoms. The number of carbonyl (C=O) groups excluding carboxylic acids is 2. The first kappa shape index (κ1) is 19.6. The van der Waals surface area contributed by atoms with E-state index < -0.39 is 11.8 Å². The lowest BCUT2D eigenvalue weighted by molar-refractivity contribution is -0.128. The number of nitrogens with zero attached hydrogens (tertiary/aromatic N) is 2. The van der Waals surface area contributed by atoms with Crippen LogP contribution in [0.5, 0.6) is 5.75 Å². The molecule has 0 atom stereocenters. The number of thiocarbonyl (C=S) groups is 1. The second kappa shape index (κ2) is 7.82. The first-order valence-electron chi connectivity index (χ1n) is 8.70. The highest BCUT2D eigenvalue weighted by molar-refractivity contribution is 7.80. The monoisotopic (exact) mass is 395 g/mol. The number of hydrogen-bond acceptors (Lipinski definition) is 4. The van der Waals surface area contributed by atoms with E-state index in [-0.39, 0.29) is 17.2 Å². The Bertz CT molecular complexity index is 1000. The molecule has 28 heavy (non-hydrogen) atoms. The van der Waals surface area contributed by atoms with Gasteiger partial charge in [-0.05, 0) is 68.0 Å². The van der Waals surface area contributed by atoms with E-state index in [4.69, 9.17) is 17.0 Å². The van der Waals surface area contributed by atoms with E-state index in [0.717, 1.165) is 28.4 Å². The number of aromatic nitrogens is 1. The Kier molecular flexibility index (Phi) is 5.46. The molecule has 1 aliphatic rings. The van der Waals surface area contributed by atoms with Gasteiger partial charge < -0.3 is 9.30 Å². The summed E-state index contributed by atoms with van der Waals surface area (Å²) < 4.78 is 7.27. The van der Waals surface area contributed by atoms with Gasteiger partial charge in [-0.2, -0.15) is 0 Å². The predicted octanol–water partition coefficient (Wildman–Crippen LogP) is 2.92. The van der Waals surface area contributed by atoms with Gasteiger partial charge in [-0.1, -0.05) is 6.08 Å². The van der Waals surface area contributed by atoms with Gasteiger partial charge in [-0.3, -0.25) is 19.8 Å². The molecular formula is C21H21N3O3S. The maximum atomic E-state index is 12.7. The molecule has 1 fully saturated rings. The van der Waals surface area contributed by atoms with E-state index >= 15 is 0 Å². The summed E-state index contributed by atoms with van der Waals surface area (Å²) in [5.41, 5.74) is 3.70. The largest absolute Gasteiger partial charge is 0.497 e. The number of methoxy groups -OCH3 is 1. The third-order valence-corrected chi connectivity index (χ3v) is 4.92. The molecule has 1 aromatic carbocycles. The van der Waals surface area contributed by atoms with Gasteiger partial charge in [0.2, 0.25) is 0 Å². The Morgan fingerprint density at radius 3 is 2.50 bits per heavy atom. The van der Waals surface area contributed by atoms with Crippen LogP contribution in [-0.4, -0.2) is 40.0 Å². The van der Waals surface area contributed by atoms with E-state index in [9.17, 15) is 9.59 Å². The van der Waals surface area contributed by atoms with Gasteiger partial charge in [0.1, 0.15) is 11.3 Å². The van der Waals surface area contributed by atoms with Crippen molar-refractivity contribution in [2.75, 3.05) is 13.7 Å².